The van der Waals surface area contributed by atoms with Gasteiger partial charge in [-0.15, -0.1) is 17.9 Å². The summed E-state index contributed by atoms with van der Waals surface area (Å²) in [6.07, 6.45) is 2.62. The minimum Gasteiger partial charge on any atom is -1.00 e. The van der Waals surface area contributed by atoms with Crippen molar-refractivity contribution < 1.29 is 26.6 Å². The summed E-state index contributed by atoms with van der Waals surface area (Å²) in [5.41, 5.74) is 0.408. The van der Waals surface area contributed by atoms with E-state index in [0.29, 0.717) is 12.1 Å². The molecule has 0 bridgehead atoms. The van der Waals surface area contributed by atoms with E-state index in [1.165, 1.54) is 27.3 Å². The van der Waals surface area contributed by atoms with Crippen molar-refractivity contribution in [2.45, 2.75) is 18.5 Å². The van der Waals surface area contributed by atoms with E-state index >= 15 is 0 Å². The Labute approximate surface area is 227 Å². The normalized spacial score (nSPS) is 15.4. The number of amides is 1. The number of rotatable bonds is 8. The third-order valence-electron chi connectivity index (χ3n) is 6.66. The molecular formula is C30H27BrNO2PS. The summed E-state index contributed by atoms with van der Waals surface area (Å²) in [5, 5.41) is 6.27. The van der Waals surface area contributed by atoms with Gasteiger partial charge in [0.1, 0.15) is 28.2 Å². The summed E-state index contributed by atoms with van der Waals surface area (Å²) in [4.78, 5) is 28.9. The Morgan fingerprint density at radius 1 is 0.889 bits per heavy atom. The highest BCUT2D eigenvalue weighted by Gasteiger charge is 2.59. The van der Waals surface area contributed by atoms with Gasteiger partial charge in [-0.05, 0) is 47.8 Å². The molecule has 0 N–H and O–H groups in total. The van der Waals surface area contributed by atoms with Crippen LogP contribution in [0.5, 0.6) is 0 Å². The van der Waals surface area contributed by atoms with Crippen molar-refractivity contribution in [2.24, 2.45) is 0 Å². The zero-order valence-corrected chi connectivity index (χ0v) is 23.1. The smallest absolute Gasteiger partial charge is 0.269 e. The van der Waals surface area contributed by atoms with Crippen LogP contribution in [0.3, 0.4) is 0 Å². The number of hydrogen-bond donors (Lipinski definition) is 0. The summed E-state index contributed by atoms with van der Waals surface area (Å²) in [6.45, 7) is 4.31. The standard InChI is InChI=1S/C30H27NO2PS.BrH/c1-2-12-27(32)26-20-22-35-30(26)31-21-19-28(29(31)33)34(23-13-6-3-7-14-23,24-15-8-4-9-16-24)25-17-10-5-11-18-25;/h2-11,13-18,20,22,28H,1,12,19,21H2;1H/q+1;/p-1/t28-;/m1./s1. The van der Waals surface area contributed by atoms with Crippen LogP contribution in [0.25, 0.3) is 0 Å². The molecule has 2 heterocycles. The van der Waals surface area contributed by atoms with Gasteiger partial charge in [0.25, 0.3) is 5.91 Å². The monoisotopic (exact) mass is 575 g/mol. The maximum Gasteiger partial charge on any atom is 0.269 e. The maximum absolute atomic E-state index is 14.3. The van der Waals surface area contributed by atoms with Gasteiger partial charge in [-0.2, -0.15) is 0 Å². The van der Waals surface area contributed by atoms with Crippen LogP contribution in [0.15, 0.2) is 115 Å². The Bertz CT molecular complexity index is 1240. The van der Waals surface area contributed by atoms with E-state index in [1.54, 1.807) is 6.08 Å². The van der Waals surface area contributed by atoms with Gasteiger partial charge in [0.05, 0.1) is 5.56 Å². The van der Waals surface area contributed by atoms with Crippen molar-refractivity contribution in [3.63, 3.8) is 0 Å². The first-order chi connectivity index (χ1) is 17.2. The molecule has 0 radical (unpaired) electrons. The third-order valence-corrected chi connectivity index (χ3v) is 12.3. The van der Waals surface area contributed by atoms with Gasteiger partial charge in [0.2, 0.25) is 0 Å². The average Bonchev–Trinajstić information content (AvgIpc) is 3.54. The molecule has 1 aliphatic heterocycles. The van der Waals surface area contributed by atoms with Gasteiger partial charge in [0.15, 0.2) is 11.4 Å². The van der Waals surface area contributed by atoms with Crippen molar-refractivity contribution in [1.29, 1.82) is 0 Å². The van der Waals surface area contributed by atoms with E-state index in [-0.39, 0.29) is 40.8 Å². The first-order valence-corrected chi connectivity index (χ1v) is 14.5. The number of carbonyl (C=O) groups excluding carboxylic acids is 2. The fourth-order valence-electron chi connectivity index (χ4n) is 5.17. The van der Waals surface area contributed by atoms with Crippen molar-refractivity contribution in [1.82, 2.24) is 0 Å². The lowest BCUT2D eigenvalue weighted by Crippen LogP contribution is -3.00. The van der Waals surface area contributed by atoms with Crippen LogP contribution >= 0.6 is 18.6 Å². The molecule has 4 aromatic rings. The molecule has 0 unspecified atom stereocenters. The molecule has 0 spiro atoms. The Hall–Kier alpha value is -2.85. The quantitative estimate of drug-likeness (QED) is 0.184. The fourth-order valence-corrected chi connectivity index (χ4v) is 11.0. The number of ketones is 1. The first-order valence-electron chi connectivity index (χ1n) is 11.8. The van der Waals surface area contributed by atoms with Gasteiger partial charge in [-0.3, -0.25) is 14.5 Å². The van der Waals surface area contributed by atoms with Crippen molar-refractivity contribution in [2.75, 3.05) is 11.4 Å². The number of nitrogens with zero attached hydrogens (tertiary/aromatic N) is 1. The molecule has 1 amide bonds. The molecule has 182 valence electrons. The highest BCUT2D eigenvalue weighted by atomic mass is 79.9. The van der Waals surface area contributed by atoms with Crippen LogP contribution in [0.4, 0.5) is 5.00 Å². The molecule has 5 rings (SSSR count). The Morgan fingerprint density at radius 2 is 1.39 bits per heavy atom. The number of benzene rings is 3. The second-order valence-electron chi connectivity index (χ2n) is 8.58. The molecule has 1 atom stereocenters. The highest BCUT2D eigenvalue weighted by molar-refractivity contribution is 7.97. The van der Waals surface area contributed by atoms with E-state index in [0.717, 1.165) is 11.4 Å². The lowest BCUT2D eigenvalue weighted by Gasteiger charge is -2.31. The summed E-state index contributed by atoms with van der Waals surface area (Å²) in [5.74, 6) is 0.104. The molecule has 0 aliphatic carbocycles. The van der Waals surface area contributed by atoms with Gasteiger partial charge >= 0.3 is 0 Å². The van der Waals surface area contributed by atoms with Crippen LogP contribution < -0.4 is 37.8 Å². The maximum atomic E-state index is 14.3. The lowest BCUT2D eigenvalue weighted by molar-refractivity contribution is -0.116. The number of anilines is 1. The molecule has 3 aromatic carbocycles. The zero-order valence-electron chi connectivity index (χ0n) is 19.8. The third kappa shape index (κ3) is 4.52. The highest BCUT2D eigenvalue weighted by Crippen LogP contribution is 2.62. The minimum atomic E-state index is -2.34. The van der Waals surface area contributed by atoms with Crippen LogP contribution in [0.2, 0.25) is 0 Å². The predicted octanol–water partition coefficient (Wildman–Crippen LogP) is 2.61. The van der Waals surface area contributed by atoms with E-state index in [9.17, 15) is 9.59 Å². The summed E-state index contributed by atoms with van der Waals surface area (Å²) < 4.78 is 0. The minimum absolute atomic E-state index is 0. The largest absolute Gasteiger partial charge is 1.00 e. The number of halogens is 1. The van der Waals surface area contributed by atoms with E-state index in [2.05, 4.69) is 79.4 Å². The molecule has 3 nitrogen and oxygen atoms in total. The number of thiophene rings is 1. The number of hydrogen-bond acceptors (Lipinski definition) is 3. The topological polar surface area (TPSA) is 37.4 Å². The van der Waals surface area contributed by atoms with Gasteiger partial charge in [0, 0.05) is 19.4 Å². The number of carbonyl (C=O) groups is 2. The average molecular weight is 576 g/mol. The van der Waals surface area contributed by atoms with E-state index in [1.807, 2.05) is 34.5 Å². The van der Waals surface area contributed by atoms with Gasteiger partial charge < -0.3 is 17.0 Å². The van der Waals surface area contributed by atoms with Crippen molar-refractivity contribution in [3.8, 4) is 0 Å². The zero-order chi connectivity index (χ0) is 24.3. The Morgan fingerprint density at radius 3 is 1.86 bits per heavy atom. The van der Waals surface area contributed by atoms with Crippen LogP contribution in [0.1, 0.15) is 23.2 Å². The molecular weight excluding hydrogens is 549 g/mol. The second-order valence-corrected chi connectivity index (χ2v) is 13.1. The van der Waals surface area contributed by atoms with E-state index in [4.69, 9.17) is 0 Å². The summed E-state index contributed by atoms with van der Waals surface area (Å²) in [6, 6.07) is 33.4. The van der Waals surface area contributed by atoms with Crippen LogP contribution in [-0.2, 0) is 4.79 Å². The Kier molecular flexibility index (Phi) is 8.35. The molecule has 1 aliphatic rings. The van der Waals surface area contributed by atoms with Crippen molar-refractivity contribution in [3.05, 3.63) is 121 Å². The second kappa shape index (κ2) is 11.5. The summed E-state index contributed by atoms with van der Waals surface area (Å²) in [7, 11) is -2.34. The molecule has 0 saturated carbocycles. The predicted molar refractivity (Wildman–Crippen MR) is 149 cm³/mol. The number of allylic oxidation sites excluding steroid dienone is 1. The lowest BCUT2D eigenvalue weighted by atomic mass is 10.1. The molecule has 1 fully saturated rings. The first kappa shape index (κ1) is 26.2. The molecule has 6 heteroatoms. The fraction of sp³-hybridized carbons (Fsp3) is 0.133. The Balaban J connectivity index is 0.00000304. The summed E-state index contributed by atoms with van der Waals surface area (Å²) >= 11 is 1.47. The van der Waals surface area contributed by atoms with Crippen LogP contribution in [-0.4, -0.2) is 23.9 Å². The van der Waals surface area contributed by atoms with Crippen LogP contribution in [0, 0.1) is 0 Å². The van der Waals surface area contributed by atoms with Gasteiger partial charge in [-0.25, -0.2) is 0 Å². The van der Waals surface area contributed by atoms with Gasteiger partial charge in [-0.1, -0.05) is 60.7 Å². The van der Waals surface area contributed by atoms with E-state index < -0.39 is 7.26 Å². The molecule has 36 heavy (non-hydrogen) atoms. The molecule has 1 aromatic heterocycles. The molecule has 1 saturated heterocycles. The number of Topliss-reactive ketones (excluding diaryl/α,β-unsaturated/α-hetero) is 1. The van der Waals surface area contributed by atoms with Crippen molar-refractivity contribution >= 4 is 51.2 Å². The SMILES string of the molecule is C=CCC(=O)c1ccsc1N1CC[C@@H]([P+](c2ccccc2)(c2ccccc2)c2ccccc2)C1=O.[Br-].